The standard InChI is InChI=1S/C18H21N5O2/c1-5-23(14-7-12(2)6-13(3)8-14)16(24)10-22-11-19-17-15(18(22)25)9-20-21(17)4/h6-9,11H,5,10H2,1-4H3. The molecular formula is C18H21N5O2. The summed E-state index contributed by atoms with van der Waals surface area (Å²) < 4.78 is 2.87. The quantitative estimate of drug-likeness (QED) is 0.726. The number of benzene rings is 1. The second kappa shape index (κ2) is 6.51. The second-order valence-electron chi connectivity index (χ2n) is 6.17. The van der Waals surface area contributed by atoms with Crippen LogP contribution in [0.5, 0.6) is 0 Å². The van der Waals surface area contributed by atoms with Crippen molar-refractivity contribution in [2.45, 2.75) is 27.3 Å². The first-order chi connectivity index (χ1) is 11.9. The maximum Gasteiger partial charge on any atom is 0.264 e. The van der Waals surface area contributed by atoms with Crippen LogP contribution < -0.4 is 10.5 Å². The van der Waals surface area contributed by atoms with Gasteiger partial charge in [0.25, 0.3) is 5.56 Å². The minimum atomic E-state index is -0.261. The molecule has 0 saturated carbocycles. The molecule has 0 atom stereocenters. The minimum Gasteiger partial charge on any atom is -0.311 e. The average Bonchev–Trinajstić information content (AvgIpc) is 2.92. The van der Waals surface area contributed by atoms with Crippen molar-refractivity contribution in [1.82, 2.24) is 19.3 Å². The Hall–Kier alpha value is -2.96. The molecule has 3 rings (SSSR count). The van der Waals surface area contributed by atoms with E-state index in [0.717, 1.165) is 16.8 Å². The van der Waals surface area contributed by atoms with Gasteiger partial charge >= 0.3 is 0 Å². The number of carbonyl (C=O) groups excluding carboxylic acids is 1. The molecule has 0 fully saturated rings. The van der Waals surface area contributed by atoms with Gasteiger partial charge in [-0.05, 0) is 44.0 Å². The monoisotopic (exact) mass is 339 g/mol. The first-order valence-corrected chi connectivity index (χ1v) is 8.16. The van der Waals surface area contributed by atoms with Crippen LogP contribution in [-0.2, 0) is 18.4 Å². The van der Waals surface area contributed by atoms with E-state index < -0.39 is 0 Å². The van der Waals surface area contributed by atoms with E-state index in [9.17, 15) is 9.59 Å². The largest absolute Gasteiger partial charge is 0.311 e. The molecule has 130 valence electrons. The lowest BCUT2D eigenvalue weighted by molar-refractivity contribution is -0.119. The predicted octanol–water partition coefficient (Wildman–Crippen LogP) is 1.80. The highest BCUT2D eigenvalue weighted by atomic mass is 16.2. The number of aryl methyl sites for hydroxylation is 3. The van der Waals surface area contributed by atoms with Gasteiger partial charge in [0.15, 0.2) is 5.65 Å². The lowest BCUT2D eigenvalue weighted by atomic mass is 10.1. The zero-order valence-electron chi connectivity index (χ0n) is 14.9. The van der Waals surface area contributed by atoms with Crippen LogP contribution in [0.1, 0.15) is 18.1 Å². The third kappa shape index (κ3) is 3.17. The number of carbonyl (C=O) groups is 1. The van der Waals surface area contributed by atoms with E-state index in [1.807, 2.05) is 32.9 Å². The van der Waals surface area contributed by atoms with Gasteiger partial charge in [-0.1, -0.05) is 6.07 Å². The van der Waals surface area contributed by atoms with Crippen molar-refractivity contribution in [2.24, 2.45) is 7.05 Å². The molecule has 3 aromatic rings. The normalized spacial score (nSPS) is 11.0. The predicted molar refractivity (Wildman–Crippen MR) is 96.7 cm³/mol. The molecular weight excluding hydrogens is 318 g/mol. The van der Waals surface area contributed by atoms with Crippen molar-refractivity contribution in [1.29, 1.82) is 0 Å². The van der Waals surface area contributed by atoms with Gasteiger partial charge in [0.05, 0.1) is 6.20 Å². The number of anilines is 1. The molecule has 0 radical (unpaired) electrons. The van der Waals surface area contributed by atoms with E-state index in [4.69, 9.17) is 0 Å². The Labute approximate surface area is 145 Å². The highest BCUT2D eigenvalue weighted by molar-refractivity contribution is 5.93. The Kier molecular flexibility index (Phi) is 4.39. The van der Waals surface area contributed by atoms with Gasteiger partial charge in [0.2, 0.25) is 5.91 Å². The molecule has 1 aromatic carbocycles. The van der Waals surface area contributed by atoms with Crippen LogP contribution in [0.4, 0.5) is 5.69 Å². The molecule has 25 heavy (non-hydrogen) atoms. The SMILES string of the molecule is CCN(C(=O)Cn1cnc2c(cnn2C)c1=O)c1cc(C)cc(C)c1. The molecule has 7 nitrogen and oxygen atoms in total. The van der Waals surface area contributed by atoms with E-state index >= 15 is 0 Å². The maximum absolute atomic E-state index is 12.8. The maximum atomic E-state index is 12.8. The van der Waals surface area contributed by atoms with Crippen molar-refractivity contribution in [3.63, 3.8) is 0 Å². The number of fused-ring (bicyclic) bond motifs is 1. The number of rotatable bonds is 4. The number of aromatic nitrogens is 4. The molecule has 0 bridgehead atoms. The number of hydrogen-bond acceptors (Lipinski definition) is 4. The lowest BCUT2D eigenvalue weighted by Crippen LogP contribution is -2.36. The van der Waals surface area contributed by atoms with Crippen LogP contribution in [0.25, 0.3) is 11.0 Å². The van der Waals surface area contributed by atoms with E-state index in [1.165, 1.54) is 21.8 Å². The summed E-state index contributed by atoms with van der Waals surface area (Å²) in [5.41, 5.74) is 3.28. The summed E-state index contributed by atoms with van der Waals surface area (Å²) in [6, 6.07) is 6.01. The molecule has 2 aromatic heterocycles. The van der Waals surface area contributed by atoms with Gasteiger partial charge in [0, 0.05) is 19.3 Å². The zero-order valence-corrected chi connectivity index (χ0v) is 14.9. The van der Waals surface area contributed by atoms with E-state index in [0.29, 0.717) is 17.6 Å². The fourth-order valence-corrected chi connectivity index (χ4v) is 3.02. The third-order valence-corrected chi connectivity index (χ3v) is 4.16. The van der Waals surface area contributed by atoms with Gasteiger partial charge in [-0.3, -0.25) is 18.8 Å². The van der Waals surface area contributed by atoms with Gasteiger partial charge in [-0.2, -0.15) is 5.10 Å². The van der Waals surface area contributed by atoms with Crippen molar-refractivity contribution in [3.05, 3.63) is 52.2 Å². The summed E-state index contributed by atoms with van der Waals surface area (Å²) in [6.07, 6.45) is 2.88. The highest BCUT2D eigenvalue weighted by Crippen LogP contribution is 2.19. The summed E-state index contributed by atoms with van der Waals surface area (Å²) in [5.74, 6) is -0.153. The molecule has 0 saturated heterocycles. The Morgan fingerprint density at radius 3 is 2.52 bits per heavy atom. The molecule has 0 spiro atoms. The molecule has 0 unspecified atom stereocenters. The van der Waals surface area contributed by atoms with Crippen LogP contribution >= 0.6 is 0 Å². The number of likely N-dealkylation sites (N-methyl/N-ethyl adjacent to an activating group) is 1. The Balaban J connectivity index is 1.92. The van der Waals surface area contributed by atoms with Crippen LogP contribution in [0.15, 0.2) is 35.5 Å². The topological polar surface area (TPSA) is 73.0 Å². The smallest absolute Gasteiger partial charge is 0.264 e. The van der Waals surface area contributed by atoms with Crippen molar-refractivity contribution < 1.29 is 4.79 Å². The van der Waals surface area contributed by atoms with Gasteiger partial charge in [-0.25, -0.2) is 4.98 Å². The second-order valence-corrected chi connectivity index (χ2v) is 6.17. The van der Waals surface area contributed by atoms with Gasteiger partial charge in [-0.15, -0.1) is 0 Å². The lowest BCUT2D eigenvalue weighted by Gasteiger charge is -2.22. The third-order valence-electron chi connectivity index (χ3n) is 4.16. The number of nitrogens with zero attached hydrogens (tertiary/aromatic N) is 5. The van der Waals surface area contributed by atoms with E-state index in [-0.39, 0.29) is 18.0 Å². The number of amides is 1. The Bertz CT molecular complexity index is 982. The minimum absolute atomic E-state index is 0.0580. The summed E-state index contributed by atoms with van der Waals surface area (Å²) in [4.78, 5) is 31.2. The average molecular weight is 339 g/mol. The molecule has 2 heterocycles. The summed E-state index contributed by atoms with van der Waals surface area (Å²) in [7, 11) is 1.73. The first-order valence-electron chi connectivity index (χ1n) is 8.16. The molecule has 0 aliphatic carbocycles. The van der Waals surface area contributed by atoms with Crippen molar-refractivity contribution in [2.75, 3.05) is 11.4 Å². The van der Waals surface area contributed by atoms with Crippen LogP contribution in [0.2, 0.25) is 0 Å². The summed E-state index contributed by atoms with van der Waals surface area (Å²) in [6.45, 7) is 6.39. The molecule has 0 N–H and O–H groups in total. The van der Waals surface area contributed by atoms with Crippen molar-refractivity contribution >= 4 is 22.6 Å². The molecule has 7 heteroatoms. The summed E-state index contributed by atoms with van der Waals surface area (Å²) in [5, 5.41) is 4.45. The van der Waals surface area contributed by atoms with Crippen LogP contribution in [-0.4, -0.2) is 31.8 Å². The first kappa shape index (κ1) is 16.9. The van der Waals surface area contributed by atoms with E-state index in [2.05, 4.69) is 16.1 Å². The molecule has 1 amide bonds. The van der Waals surface area contributed by atoms with Gasteiger partial charge in [0.1, 0.15) is 18.3 Å². The molecule has 0 aliphatic rings. The van der Waals surface area contributed by atoms with E-state index in [1.54, 1.807) is 11.9 Å². The fourth-order valence-electron chi connectivity index (χ4n) is 3.02. The molecule has 0 aliphatic heterocycles. The zero-order chi connectivity index (χ0) is 18.1. The summed E-state index contributed by atoms with van der Waals surface area (Å²) >= 11 is 0. The Morgan fingerprint density at radius 2 is 1.88 bits per heavy atom. The Morgan fingerprint density at radius 1 is 1.20 bits per heavy atom. The highest BCUT2D eigenvalue weighted by Gasteiger charge is 2.17. The van der Waals surface area contributed by atoms with Crippen LogP contribution in [0, 0.1) is 13.8 Å². The fraction of sp³-hybridized carbons (Fsp3) is 0.333. The van der Waals surface area contributed by atoms with Crippen LogP contribution in [0.3, 0.4) is 0 Å². The van der Waals surface area contributed by atoms with Crippen molar-refractivity contribution in [3.8, 4) is 0 Å². The van der Waals surface area contributed by atoms with Gasteiger partial charge < -0.3 is 4.90 Å². The number of hydrogen-bond donors (Lipinski definition) is 0.